The highest BCUT2D eigenvalue weighted by Gasteiger charge is 2.08. The number of amides is 2. The zero-order valence-electron chi connectivity index (χ0n) is 13.8. The monoisotopic (exact) mass is 340 g/mol. The van der Waals surface area contributed by atoms with Crippen LogP contribution in [0.3, 0.4) is 0 Å². The van der Waals surface area contributed by atoms with Crippen LogP contribution in [-0.2, 0) is 6.42 Å². The summed E-state index contributed by atoms with van der Waals surface area (Å²) in [6, 6.07) is 11.1. The number of urea groups is 1. The van der Waals surface area contributed by atoms with Gasteiger partial charge in [-0.2, -0.15) is 4.98 Å². The van der Waals surface area contributed by atoms with Crippen LogP contribution in [0, 0.1) is 12.7 Å². The van der Waals surface area contributed by atoms with Crippen LogP contribution in [0.4, 0.5) is 20.6 Å². The van der Waals surface area contributed by atoms with E-state index in [9.17, 15) is 9.18 Å². The summed E-state index contributed by atoms with van der Waals surface area (Å²) in [6.07, 6.45) is 0.673. The van der Waals surface area contributed by atoms with Gasteiger partial charge in [0, 0.05) is 23.4 Å². The van der Waals surface area contributed by atoms with Crippen molar-refractivity contribution >= 4 is 17.4 Å². The van der Waals surface area contributed by atoms with Gasteiger partial charge < -0.3 is 15.2 Å². The Bertz CT molecular complexity index is 890. The predicted octanol–water partition coefficient (Wildman–Crippen LogP) is 4.39. The molecule has 6 nitrogen and oxygen atoms in total. The standard InChI is InChI=1S/C18H17FN4O2/c1-3-16-22-17(23-25-16)12-5-8-13(9-6-12)20-18(24)21-14-7-4-11(2)15(19)10-14/h4-10H,3H2,1-2H3,(H2,20,21,24). The van der Waals surface area contributed by atoms with E-state index in [2.05, 4.69) is 20.8 Å². The van der Waals surface area contributed by atoms with Gasteiger partial charge in [0.2, 0.25) is 11.7 Å². The van der Waals surface area contributed by atoms with Gasteiger partial charge in [-0.1, -0.05) is 18.1 Å². The number of benzene rings is 2. The molecule has 7 heteroatoms. The lowest BCUT2D eigenvalue weighted by Gasteiger charge is -2.08. The van der Waals surface area contributed by atoms with Crippen LogP contribution in [0.1, 0.15) is 18.4 Å². The second-order valence-electron chi connectivity index (χ2n) is 5.49. The Morgan fingerprint density at radius 1 is 1.12 bits per heavy atom. The lowest BCUT2D eigenvalue weighted by Crippen LogP contribution is -2.19. The predicted molar refractivity (Wildman–Crippen MR) is 92.9 cm³/mol. The molecule has 25 heavy (non-hydrogen) atoms. The minimum Gasteiger partial charge on any atom is -0.339 e. The first-order chi connectivity index (χ1) is 12.0. The third-order valence-electron chi connectivity index (χ3n) is 3.60. The summed E-state index contributed by atoms with van der Waals surface area (Å²) in [5, 5.41) is 9.17. The molecule has 0 aliphatic carbocycles. The van der Waals surface area contributed by atoms with Gasteiger partial charge in [-0.15, -0.1) is 0 Å². The number of anilines is 2. The Balaban J connectivity index is 1.64. The number of halogens is 1. The summed E-state index contributed by atoms with van der Waals surface area (Å²) in [6.45, 7) is 3.59. The first kappa shape index (κ1) is 16.6. The average Bonchev–Trinajstić information content (AvgIpc) is 3.08. The summed E-state index contributed by atoms with van der Waals surface area (Å²) < 4.78 is 18.6. The molecule has 0 saturated heterocycles. The van der Waals surface area contributed by atoms with Crippen molar-refractivity contribution in [2.75, 3.05) is 10.6 Å². The van der Waals surface area contributed by atoms with E-state index < -0.39 is 6.03 Å². The van der Waals surface area contributed by atoms with Crippen molar-refractivity contribution in [3.05, 3.63) is 59.7 Å². The van der Waals surface area contributed by atoms with Crippen molar-refractivity contribution in [3.8, 4) is 11.4 Å². The van der Waals surface area contributed by atoms with Crippen LogP contribution < -0.4 is 10.6 Å². The lowest BCUT2D eigenvalue weighted by atomic mass is 10.2. The van der Waals surface area contributed by atoms with Gasteiger partial charge in [-0.05, 0) is 48.9 Å². The second kappa shape index (κ2) is 7.12. The van der Waals surface area contributed by atoms with Gasteiger partial charge >= 0.3 is 6.03 Å². The van der Waals surface area contributed by atoms with Crippen molar-refractivity contribution < 1.29 is 13.7 Å². The van der Waals surface area contributed by atoms with E-state index in [-0.39, 0.29) is 5.82 Å². The molecule has 3 rings (SSSR count). The highest BCUT2D eigenvalue weighted by atomic mass is 19.1. The fourth-order valence-corrected chi connectivity index (χ4v) is 2.18. The Kier molecular flexibility index (Phi) is 4.74. The first-order valence-electron chi connectivity index (χ1n) is 7.82. The minimum absolute atomic E-state index is 0.367. The molecule has 2 amide bonds. The van der Waals surface area contributed by atoms with Crippen LogP contribution >= 0.6 is 0 Å². The molecule has 0 aliphatic rings. The summed E-state index contributed by atoms with van der Waals surface area (Å²) in [5.74, 6) is 0.707. The van der Waals surface area contributed by atoms with Crippen molar-refractivity contribution in [3.63, 3.8) is 0 Å². The number of carbonyl (C=O) groups excluding carboxylic acids is 1. The maximum absolute atomic E-state index is 13.5. The Morgan fingerprint density at radius 3 is 2.44 bits per heavy atom. The van der Waals surface area contributed by atoms with E-state index in [0.717, 1.165) is 5.56 Å². The first-order valence-corrected chi connectivity index (χ1v) is 7.82. The lowest BCUT2D eigenvalue weighted by molar-refractivity contribution is 0.262. The summed E-state index contributed by atoms with van der Waals surface area (Å²) in [5.41, 5.74) is 2.29. The fourth-order valence-electron chi connectivity index (χ4n) is 2.18. The van der Waals surface area contributed by atoms with Crippen LogP contribution in [0.15, 0.2) is 47.0 Å². The molecule has 0 bridgehead atoms. The number of rotatable bonds is 4. The third kappa shape index (κ3) is 4.00. The molecular weight excluding hydrogens is 323 g/mol. The number of hydrogen-bond donors (Lipinski definition) is 2. The van der Waals surface area contributed by atoms with E-state index in [1.165, 1.54) is 6.07 Å². The van der Waals surface area contributed by atoms with Crippen molar-refractivity contribution in [1.29, 1.82) is 0 Å². The maximum atomic E-state index is 13.5. The molecule has 0 spiro atoms. The third-order valence-corrected chi connectivity index (χ3v) is 3.60. The largest absolute Gasteiger partial charge is 0.339 e. The van der Waals surface area contributed by atoms with E-state index in [4.69, 9.17) is 4.52 Å². The van der Waals surface area contributed by atoms with Crippen LogP contribution in [-0.4, -0.2) is 16.2 Å². The smallest absolute Gasteiger partial charge is 0.323 e. The molecule has 1 aromatic heterocycles. The molecule has 3 aromatic rings. The number of hydrogen-bond acceptors (Lipinski definition) is 4. The van der Waals surface area contributed by atoms with Crippen molar-refractivity contribution in [1.82, 2.24) is 10.1 Å². The number of aryl methyl sites for hydroxylation is 2. The number of nitrogens with zero attached hydrogens (tertiary/aromatic N) is 2. The van der Waals surface area contributed by atoms with Crippen molar-refractivity contribution in [2.24, 2.45) is 0 Å². The molecule has 0 aliphatic heterocycles. The molecule has 1 heterocycles. The van der Waals surface area contributed by atoms with Crippen LogP contribution in [0.5, 0.6) is 0 Å². The molecule has 2 aromatic carbocycles. The fraction of sp³-hybridized carbons (Fsp3) is 0.167. The summed E-state index contributed by atoms with van der Waals surface area (Å²) in [4.78, 5) is 16.2. The normalized spacial score (nSPS) is 10.5. The highest BCUT2D eigenvalue weighted by molar-refractivity contribution is 5.99. The summed E-state index contributed by atoms with van der Waals surface area (Å²) >= 11 is 0. The maximum Gasteiger partial charge on any atom is 0.323 e. The minimum atomic E-state index is -0.455. The Hall–Kier alpha value is -3.22. The van der Waals surface area contributed by atoms with Gasteiger partial charge in [0.25, 0.3) is 0 Å². The average molecular weight is 340 g/mol. The number of carbonyl (C=O) groups is 1. The van der Waals surface area contributed by atoms with Gasteiger partial charge in [0.05, 0.1) is 0 Å². The topological polar surface area (TPSA) is 80.0 Å². The van der Waals surface area contributed by atoms with Crippen LogP contribution in [0.25, 0.3) is 11.4 Å². The van der Waals surface area contributed by atoms with Gasteiger partial charge in [-0.3, -0.25) is 0 Å². The molecule has 0 unspecified atom stereocenters. The molecule has 0 radical (unpaired) electrons. The second-order valence-corrected chi connectivity index (χ2v) is 5.49. The van der Waals surface area contributed by atoms with Gasteiger partial charge in [-0.25, -0.2) is 9.18 Å². The zero-order valence-corrected chi connectivity index (χ0v) is 13.8. The SMILES string of the molecule is CCc1nc(-c2ccc(NC(=O)Nc3ccc(C)c(F)c3)cc2)no1. The van der Waals surface area contributed by atoms with E-state index in [1.807, 2.05) is 6.92 Å². The van der Waals surface area contributed by atoms with Crippen molar-refractivity contribution in [2.45, 2.75) is 20.3 Å². The van der Waals surface area contributed by atoms with Gasteiger partial charge in [0.15, 0.2) is 0 Å². The van der Waals surface area contributed by atoms with E-state index in [0.29, 0.717) is 35.1 Å². The molecule has 0 atom stereocenters. The summed E-state index contributed by atoms with van der Waals surface area (Å²) in [7, 11) is 0. The quantitative estimate of drug-likeness (QED) is 0.738. The zero-order chi connectivity index (χ0) is 17.8. The molecule has 128 valence electrons. The molecule has 0 saturated carbocycles. The van der Waals surface area contributed by atoms with Gasteiger partial charge in [0.1, 0.15) is 5.82 Å². The Labute approximate surface area is 144 Å². The van der Waals surface area contributed by atoms with E-state index >= 15 is 0 Å². The number of nitrogens with one attached hydrogen (secondary N) is 2. The molecule has 2 N–H and O–H groups in total. The number of aromatic nitrogens is 2. The highest BCUT2D eigenvalue weighted by Crippen LogP contribution is 2.19. The molecular formula is C18H17FN4O2. The van der Waals surface area contributed by atoms with Crippen LogP contribution in [0.2, 0.25) is 0 Å². The molecule has 0 fully saturated rings. The van der Waals surface area contributed by atoms with E-state index in [1.54, 1.807) is 43.3 Å². The Morgan fingerprint density at radius 2 is 1.80 bits per heavy atom.